The maximum Gasteiger partial charge on any atom is 0.163 e. The summed E-state index contributed by atoms with van der Waals surface area (Å²) in [6, 6.07) is 0. The lowest BCUT2D eigenvalue weighted by molar-refractivity contribution is -0.283. The molecule has 1 saturated carbocycles. The second kappa shape index (κ2) is 8.51. The monoisotopic (exact) mass is 342 g/mol. The quantitative estimate of drug-likeness (QED) is 0.598. The Morgan fingerprint density at radius 2 is 1.50 bits per heavy atom. The van der Waals surface area contributed by atoms with Gasteiger partial charge in [0.2, 0.25) is 0 Å². The molecule has 144 valence electrons. The third-order valence-corrected chi connectivity index (χ3v) is 5.95. The normalized spacial score (nSPS) is 22.9. The van der Waals surface area contributed by atoms with Crippen molar-refractivity contribution in [2.45, 2.75) is 106 Å². The largest absolute Gasteiger partial charge is 0.367 e. The van der Waals surface area contributed by atoms with Crippen LogP contribution in [0.5, 0.6) is 0 Å². The van der Waals surface area contributed by atoms with Crippen LogP contribution in [0.1, 0.15) is 93.4 Å². The fraction of sp³-hybridized carbons (Fsp3) is 1.00. The molecule has 24 heavy (non-hydrogen) atoms. The molecule has 0 spiro atoms. The number of methoxy groups -OCH3 is 1. The maximum absolute atomic E-state index is 11.0. The number of ether oxygens (including phenoxy) is 2. The smallest absolute Gasteiger partial charge is 0.163 e. The van der Waals surface area contributed by atoms with Gasteiger partial charge in [-0.15, -0.1) is 0 Å². The van der Waals surface area contributed by atoms with E-state index in [1.807, 2.05) is 0 Å². The summed E-state index contributed by atoms with van der Waals surface area (Å²) in [7, 11) is 1.69. The molecule has 0 aromatic heterocycles. The van der Waals surface area contributed by atoms with Gasteiger partial charge in [0, 0.05) is 18.9 Å². The Morgan fingerprint density at radius 3 is 1.92 bits per heavy atom. The molecule has 3 nitrogen and oxygen atoms in total. The first-order valence-electron chi connectivity index (χ1n) is 9.75. The molecule has 3 atom stereocenters. The first kappa shape index (κ1) is 21.9. The highest BCUT2D eigenvalue weighted by molar-refractivity contribution is 4.92. The molecule has 0 radical (unpaired) electrons. The van der Waals surface area contributed by atoms with Crippen LogP contribution in [0.15, 0.2) is 0 Å². The summed E-state index contributed by atoms with van der Waals surface area (Å²) in [5.74, 6) is 0.666. The third-order valence-electron chi connectivity index (χ3n) is 5.95. The Morgan fingerprint density at radius 1 is 0.958 bits per heavy atom. The average molecular weight is 343 g/mol. The molecule has 0 aromatic rings. The van der Waals surface area contributed by atoms with E-state index in [1.165, 1.54) is 32.1 Å². The zero-order chi connectivity index (χ0) is 18.6. The highest BCUT2D eigenvalue weighted by atomic mass is 16.7. The number of hydrogen-bond donors (Lipinski definition) is 1. The van der Waals surface area contributed by atoms with Crippen molar-refractivity contribution in [2.24, 2.45) is 22.2 Å². The van der Waals surface area contributed by atoms with Crippen molar-refractivity contribution >= 4 is 0 Å². The molecule has 0 aromatic carbocycles. The lowest BCUT2D eigenvalue weighted by Crippen LogP contribution is -2.48. The van der Waals surface area contributed by atoms with Crippen molar-refractivity contribution < 1.29 is 14.6 Å². The van der Waals surface area contributed by atoms with Gasteiger partial charge in [0.15, 0.2) is 12.6 Å². The number of aliphatic hydroxyl groups is 1. The van der Waals surface area contributed by atoms with Gasteiger partial charge in [0.25, 0.3) is 0 Å². The van der Waals surface area contributed by atoms with Crippen molar-refractivity contribution in [3.63, 3.8) is 0 Å². The molecule has 0 amide bonds. The maximum atomic E-state index is 11.0. The molecule has 0 aliphatic heterocycles. The predicted octanol–water partition coefficient (Wildman–Crippen LogP) is 5.75. The van der Waals surface area contributed by atoms with Gasteiger partial charge in [-0.2, -0.15) is 0 Å². The SMILES string of the molecule is COC(CC1CCCCC1)OC(O)C(C)(CC(C)(C)C)C(C)(C)C. The van der Waals surface area contributed by atoms with Gasteiger partial charge in [-0.1, -0.05) is 80.6 Å². The fourth-order valence-electron chi connectivity index (χ4n) is 4.02. The van der Waals surface area contributed by atoms with E-state index in [4.69, 9.17) is 9.47 Å². The molecule has 1 N–H and O–H groups in total. The summed E-state index contributed by atoms with van der Waals surface area (Å²) < 4.78 is 11.7. The lowest BCUT2D eigenvalue weighted by Gasteiger charge is -2.48. The van der Waals surface area contributed by atoms with E-state index in [-0.39, 0.29) is 22.5 Å². The van der Waals surface area contributed by atoms with Crippen LogP contribution in [0, 0.1) is 22.2 Å². The van der Waals surface area contributed by atoms with Crippen LogP contribution in [0.3, 0.4) is 0 Å². The molecular formula is C21H42O3. The van der Waals surface area contributed by atoms with Gasteiger partial charge >= 0.3 is 0 Å². The topological polar surface area (TPSA) is 38.7 Å². The van der Waals surface area contributed by atoms with Crippen molar-refractivity contribution in [3.8, 4) is 0 Å². The van der Waals surface area contributed by atoms with E-state index in [0.29, 0.717) is 5.92 Å². The highest BCUT2D eigenvalue weighted by Crippen LogP contribution is 2.49. The van der Waals surface area contributed by atoms with Crippen molar-refractivity contribution in [3.05, 3.63) is 0 Å². The molecule has 1 fully saturated rings. The average Bonchev–Trinajstić information content (AvgIpc) is 2.44. The van der Waals surface area contributed by atoms with Gasteiger partial charge in [-0.25, -0.2) is 0 Å². The minimum atomic E-state index is -0.828. The van der Waals surface area contributed by atoms with E-state index < -0.39 is 6.29 Å². The molecule has 1 rings (SSSR count). The standard InChI is InChI=1S/C21H42O3/c1-19(2,3)15-21(7,20(4,5)6)18(22)24-17(23-8)14-16-12-10-9-11-13-16/h16-18,22H,9-15H2,1-8H3. The molecule has 1 aliphatic carbocycles. The van der Waals surface area contributed by atoms with Crippen LogP contribution in [0.25, 0.3) is 0 Å². The summed E-state index contributed by atoms with van der Waals surface area (Å²) in [6.07, 6.45) is 7.14. The van der Waals surface area contributed by atoms with Crippen LogP contribution in [-0.2, 0) is 9.47 Å². The molecule has 1 aliphatic rings. The molecule has 0 bridgehead atoms. The predicted molar refractivity (Wildman–Crippen MR) is 101 cm³/mol. The van der Waals surface area contributed by atoms with Crippen LogP contribution >= 0.6 is 0 Å². The Labute approximate surface area is 150 Å². The Bertz CT molecular complexity index is 360. The van der Waals surface area contributed by atoms with Crippen LogP contribution < -0.4 is 0 Å². The Balaban J connectivity index is 2.79. The fourth-order valence-corrected chi connectivity index (χ4v) is 4.02. The summed E-state index contributed by atoms with van der Waals surface area (Å²) in [6.45, 7) is 15.4. The van der Waals surface area contributed by atoms with Gasteiger partial charge in [-0.05, 0) is 23.2 Å². The summed E-state index contributed by atoms with van der Waals surface area (Å²) in [5.41, 5.74) is -0.282. The number of hydrogen-bond acceptors (Lipinski definition) is 3. The van der Waals surface area contributed by atoms with E-state index in [1.54, 1.807) is 7.11 Å². The highest BCUT2D eigenvalue weighted by Gasteiger charge is 2.47. The van der Waals surface area contributed by atoms with E-state index in [0.717, 1.165) is 12.8 Å². The molecule has 3 unspecified atom stereocenters. The zero-order valence-electron chi connectivity index (χ0n) is 17.4. The minimum Gasteiger partial charge on any atom is -0.367 e. The van der Waals surface area contributed by atoms with Crippen LogP contribution in [0.4, 0.5) is 0 Å². The Hall–Kier alpha value is -0.120. The molecule has 0 heterocycles. The van der Waals surface area contributed by atoms with Crippen molar-refractivity contribution in [1.29, 1.82) is 0 Å². The second-order valence-corrected chi connectivity index (χ2v) is 10.3. The summed E-state index contributed by atoms with van der Waals surface area (Å²) in [4.78, 5) is 0. The first-order valence-corrected chi connectivity index (χ1v) is 9.75. The molecule has 3 heteroatoms. The van der Waals surface area contributed by atoms with Gasteiger partial charge < -0.3 is 14.6 Å². The van der Waals surface area contributed by atoms with E-state index in [2.05, 4.69) is 48.5 Å². The summed E-state index contributed by atoms with van der Waals surface area (Å²) >= 11 is 0. The first-order chi connectivity index (χ1) is 10.9. The van der Waals surface area contributed by atoms with Gasteiger partial charge in [0.05, 0.1) is 0 Å². The summed E-state index contributed by atoms with van der Waals surface area (Å²) in [5, 5.41) is 11.0. The lowest BCUT2D eigenvalue weighted by atomic mass is 9.61. The van der Waals surface area contributed by atoms with Gasteiger partial charge in [-0.3, -0.25) is 0 Å². The second-order valence-electron chi connectivity index (χ2n) is 10.3. The minimum absolute atomic E-state index is 0.0666. The van der Waals surface area contributed by atoms with E-state index >= 15 is 0 Å². The van der Waals surface area contributed by atoms with Gasteiger partial charge in [0.1, 0.15) is 0 Å². The van der Waals surface area contributed by atoms with E-state index in [9.17, 15) is 5.11 Å². The van der Waals surface area contributed by atoms with Crippen LogP contribution in [-0.4, -0.2) is 24.8 Å². The van der Waals surface area contributed by atoms with Crippen molar-refractivity contribution in [1.82, 2.24) is 0 Å². The third kappa shape index (κ3) is 6.31. The molecular weight excluding hydrogens is 300 g/mol. The van der Waals surface area contributed by atoms with Crippen molar-refractivity contribution in [2.75, 3.05) is 7.11 Å². The number of rotatable bonds is 7. The zero-order valence-corrected chi connectivity index (χ0v) is 17.4. The number of aliphatic hydroxyl groups excluding tert-OH is 1. The van der Waals surface area contributed by atoms with Crippen LogP contribution in [0.2, 0.25) is 0 Å². The Kier molecular flexibility index (Phi) is 7.77. The molecule has 0 saturated heterocycles.